The minimum Gasteiger partial charge on any atom is -0.507 e. The molecule has 0 atom stereocenters. The van der Waals surface area contributed by atoms with Gasteiger partial charge < -0.3 is 10.4 Å². The van der Waals surface area contributed by atoms with Gasteiger partial charge in [-0.25, -0.2) is 0 Å². The van der Waals surface area contributed by atoms with Crippen LogP contribution in [0.3, 0.4) is 0 Å². The Morgan fingerprint density at radius 3 is 1.96 bits per heavy atom. The molecular formula is C22H29N3OS. The molecule has 0 saturated carbocycles. The highest BCUT2D eigenvalue weighted by atomic mass is 32.1. The van der Waals surface area contributed by atoms with Crippen molar-refractivity contribution in [3.05, 3.63) is 59.2 Å². The van der Waals surface area contributed by atoms with Gasteiger partial charge in [0.2, 0.25) is 5.11 Å². The van der Waals surface area contributed by atoms with Gasteiger partial charge in [0.25, 0.3) is 0 Å². The van der Waals surface area contributed by atoms with Gasteiger partial charge in [0, 0.05) is 17.7 Å². The van der Waals surface area contributed by atoms with Gasteiger partial charge in [-0.2, -0.15) is 0 Å². The van der Waals surface area contributed by atoms with Crippen LogP contribution >= 0.6 is 12.2 Å². The highest BCUT2D eigenvalue weighted by Gasteiger charge is 2.26. The van der Waals surface area contributed by atoms with E-state index in [-0.39, 0.29) is 10.8 Å². The van der Waals surface area contributed by atoms with Crippen LogP contribution in [0.1, 0.15) is 58.2 Å². The molecule has 0 amide bonds. The van der Waals surface area contributed by atoms with E-state index in [1.54, 1.807) is 0 Å². The molecular weight excluding hydrogens is 354 g/mol. The van der Waals surface area contributed by atoms with Crippen LogP contribution in [0.2, 0.25) is 0 Å². The molecule has 0 bridgehead atoms. The van der Waals surface area contributed by atoms with Crippen LogP contribution in [0.15, 0.2) is 52.7 Å². The first-order valence-electron chi connectivity index (χ1n) is 9.10. The van der Waals surface area contributed by atoms with E-state index < -0.39 is 0 Å². The number of aromatic hydroxyl groups is 1. The highest BCUT2D eigenvalue weighted by molar-refractivity contribution is 7.80. The molecule has 0 fully saturated rings. The van der Waals surface area contributed by atoms with E-state index in [1.807, 2.05) is 42.5 Å². The largest absolute Gasteiger partial charge is 0.507 e. The van der Waals surface area contributed by atoms with Crippen molar-refractivity contribution in [2.75, 3.05) is 0 Å². The second-order valence-electron chi connectivity index (χ2n) is 8.73. The SMILES string of the molecule is CC(C)(C)c1cc(N=NC(=S)NCc2ccccc2)cc(C(C)(C)C)c1O. The summed E-state index contributed by atoms with van der Waals surface area (Å²) in [6.07, 6.45) is 0. The Hall–Kier alpha value is -2.27. The van der Waals surface area contributed by atoms with Crippen molar-refractivity contribution in [2.24, 2.45) is 10.2 Å². The van der Waals surface area contributed by atoms with Crippen LogP contribution in [-0.2, 0) is 17.4 Å². The number of phenols is 1. The monoisotopic (exact) mass is 383 g/mol. The number of rotatable bonds is 3. The number of azo groups is 1. The molecule has 27 heavy (non-hydrogen) atoms. The van der Waals surface area contributed by atoms with Crippen molar-refractivity contribution < 1.29 is 5.11 Å². The topological polar surface area (TPSA) is 57.0 Å². The molecule has 0 aliphatic carbocycles. The van der Waals surface area contributed by atoms with Crippen LogP contribution in [0, 0.1) is 0 Å². The maximum Gasteiger partial charge on any atom is 0.214 e. The van der Waals surface area contributed by atoms with E-state index in [1.165, 1.54) is 0 Å². The van der Waals surface area contributed by atoms with Crippen LogP contribution in [0.25, 0.3) is 0 Å². The van der Waals surface area contributed by atoms with E-state index >= 15 is 0 Å². The maximum absolute atomic E-state index is 10.8. The zero-order valence-electron chi connectivity index (χ0n) is 17.0. The van der Waals surface area contributed by atoms with E-state index in [4.69, 9.17) is 12.2 Å². The molecule has 2 rings (SSSR count). The molecule has 0 spiro atoms. The second-order valence-corrected chi connectivity index (χ2v) is 9.12. The lowest BCUT2D eigenvalue weighted by Crippen LogP contribution is -2.18. The molecule has 0 aliphatic heterocycles. The predicted molar refractivity (Wildman–Crippen MR) is 116 cm³/mol. The lowest BCUT2D eigenvalue weighted by molar-refractivity contribution is 0.423. The molecule has 4 nitrogen and oxygen atoms in total. The number of nitrogens with one attached hydrogen (secondary N) is 1. The van der Waals surface area contributed by atoms with Gasteiger partial charge in [0.05, 0.1) is 5.69 Å². The fraction of sp³-hybridized carbons (Fsp3) is 0.409. The fourth-order valence-corrected chi connectivity index (χ4v) is 2.85. The molecule has 0 aromatic heterocycles. The van der Waals surface area contributed by atoms with Crippen molar-refractivity contribution in [1.29, 1.82) is 0 Å². The molecule has 0 unspecified atom stereocenters. The van der Waals surface area contributed by atoms with Gasteiger partial charge in [-0.3, -0.25) is 0 Å². The zero-order chi connectivity index (χ0) is 20.2. The Balaban J connectivity index is 2.24. The Labute approximate surface area is 167 Å². The minimum absolute atomic E-state index is 0.207. The molecule has 144 valence electrons. The van der Waals surface area contributed by atoms with Crippen molar-refractivity contribution in [3.63, 3.8) is 0 Å². The van der Waals surface area contributed by atoms with Crippen molar-refractivity contribution >= 4 is 23.0 Å². The predicted octanol–water partition coefficient (Wildman–Crippen LogP) is 6.15. The summed E-state index contributed by atoms with van der Waals surface area (Å²) in [5, 5.41) is 22.7. The number of benzene rings is 2. The molecule has 0 heterocycles. The smallest absolute Gasteiger partial charge is 0.214 e. The van der Waals surface area contributed by atoms with Crippen molar-refractivity contribution in [2.45, 2.75) is 58.9 Å². The molecule has 0 saturated heterocycles. The van der Waals surface area contributed by atoms with Gasteiger partial charge in [-0.05, 0) is 40.7 Å². The second kappa shape index (κ2) is 8.17. The summed E-state index contributed by atoms with van der Waals surface area (Å²) in [5.41, 5.74) is 3.11. The van der Waals surface area contributed by atoms with Crippen LogP contribution in [-0.4, -0.2) is 10.2 Å². The number of hydrogen-bond donors (Lipinski definition) is 2. The molecule has 2 aromatic rings. The average molecular weight is 384 g/mol. The maximum atomic E-state index is 10.8. The first kappa shape index (κ1) is 21.0. The fourth-order valence-electron chi connectivity index (χ4n) is 2.73. The summed E-state index contributed by atoms with van der Waals surface area (Å²) in [4.78, 5) is 0. The molecule has 5 heteroatoms. The standard InChI is InChI=1S/C22H29N3OS/c1-21(2,3)17-12-16(13-18(19(17)26)22(4,5)6)24-25-20(27)23-14-15-10-8-7-9-11-15/h7-13,26H,14H2,1-6H3,(H,23,27). The van der Waals surface area contributed by atoms with Gasteiger partial charge >= 0.3 is 0 Å². The Morgan fingerprint density at radius 1 is 0.963 bits per heavy atom. The summed E-state index contributed by atoms with van der Waals surface area (Å²) in [6.45, 7) is 13.0. The summed E-state index contributed by atoms with van der Waals surface area (Å²) in [7, 11) is 0. The number of phenolic OH excluding ortho intramolecular Hbond substituents is 1. The van der Waals surface area contributed by atoms with E-state index in [9.17, 15) is 5.11 Å². The Bertz CT molecular complexity index is 796. The Kier molecular flexibility index (Phi) is 6.37. The number of hydrogen-bond acceptors (Lipinski definition) is 3. The Morgan fingerprint density at radius 2 is 1.48 bits per heavy atom. The van der Waals surface area contributed by atoms with E-state index in [0.717, 1.165) is 16.7 Å². The van der Waals surface area contributed by atoms with Crippen LogP contribution in [0.4, 0.5) is 5.69 Å². The van der Waals surface area contributed by atoms with Crippen molar-refractivity contribution in [1.82, 2.24) is 5.32 Å². The number of thiocarbonyl (C=S) groups is 1. The quantitative estimate of drug-likeness (QED) is 0.494. The highest BCUT2D eigenvalue weighted by Crippen LogP contribution is 2.41. The van der Waals surface area contributed by atoms with Crippen molar-refractivity contribution in [3.8, 4) is 5.75 Å². The lowest BCUT2D eigenvalue weighted by Gasteiger charge is -2.27. The van der Waals surface area contributed by atoms with E-state index in [0.29, 0.717) is 23.1 Å². The normalized spacial score (nSPS) is 12.4. The third-order valence-corrected chi connectivity index (χ3v) is 4.48. The summed E-state index contributed by atoms with van der Waals surface area (Å²) < 4.78 is 0. The average Bonchev–Trinajstić information content (AvgIpc) is 2.58. The van der Waals surface area contributed by atoms with Gasteiger partial charge in [0.15, 0.2) is 0 Å². The van der Waals surface area contributed by atoms with Crippen LogP contribution < -0.4 is 5.32 Å². The summed E-state index contributed by atoms with van der Waals surface area (Å²) in [6, 6.07) is 13.8. The summed E-state index contributed by atoms with van der Waals surface area (Å²) in [5.74, 6) is 0.332. The number of nitrogens with zero attached hydrogens (tertiary/aromatic N) is 2. The molecule has 2 N–H and O–H groups in total. The molecule has 0 radical (unpaired) electrons. The first-order valence-corrected chi connectivity index (χ1v) is 9.51. The zero-order valence-corrected chi connectivity index (χ0v) is 17.8. The summed E-state index contributed by atoms with van der Waals surface area (Å²) >= 11 is 5.27. The molecule has 2 aromatic carbocycles. The first-order chi connectivity index (χ1) is 12.5. The third-order valence-electron chi connectivity index (χ3n) is 4.25. The van der Waals surface area contributed by atoms with Crippen LogP contribution in [0.5, 0.6) is 5.75 Å². The lowest BCUT2D eigenvalue weighted by atomic mass is 9.79. The van der Waals surface area contributed by atoms with E-state index in [2.05, 4.69) is 57.1 Å². The third kappa shape index (κ3) is 5.86. The van der Waals surface area contributed by atoms with Gasteiger partial charge in [-0.15, -0.1) is 10.2 Å². The minimum atomic E-state index is -0.207. The van der Waals surface area contributed by atoms with Gasteiger partial charge in [0.1, 0.15) is 5.75 Å². The molecule has 0 aliphatic rings. The van der Waals surface area contributed by atoms with Gasteiger partial charge in [-0.1, -0.05) is 71.9 Å².